The van der Waals surface area contributed by atoms with Gasteiger partial charge >= 0.3 is 5.97 Å². The standard InChI is InChI=1S/C21H24N6O3/c1-15(2)27-19(11-12-22-27)23-21(29)16(3)30-20(28)10-9-18-14-26(25-24-18)13-17-7-5-4-6-8-17/h4-12,14-16H,13H2,1-3H3,(H,23,29)/b10-9+/t16-/m0/s1. The zero-order valence-electron chi connectivity index (χ0n) is 17.1. The number of anilines is 1. The molecule has 1 atom stereocenters. The van der Waals surface area contributed by atoms with Crippen molar-refractivity contribution in [1.82, 2.24) is 24.8 Å². The van der Waals surface area contributed by atoms with E-state index in [-0.39, 0.29) is 6.04 Å². The Labute approximate surface area is 174 Å². The molecule has 0 saturated carbocycles. The fourth-order valence-corrected chi connectivity index (χ4v) is 2.71. The van der Waals surface area contributed by atoms with E-state index in [9.17, 15) is 9.59 Å². The van der Waals surface area contributed by atoms with Crippen LogP contribution in [0.1, 0.15) is 38.1 Å². The minimum absolute atomic E-state index is 0.0893. The van der Waals surface area contributed by atoms with Crippen molar-refractivity contribution in [2.45, 2.75) is 39.5 Å². The quantitative estimate of drug-likeness (QED) is 0.454. The second-order valence-corrected chi connectivity index (χ2v) is 6.98. The predicted octanol–water partition coefficient (Wildman–Crippen LogP) is 2.69. The first-order chi connectivity index (χ1) is 14.4. The second-order valence-electron chi connectivity index (χ2n) is 6.98. The van der Waals surface area contributed by atoms with E-state index in [0.29, 0.717) is 18.1 Å². The number of esters is 1. The molecule has 3 aromatic rings. The molecular formula is C21H24N6O3. The van der Waals surface area contributed by atoms with Crippen molar-refractivity contribution in [1.29, 1.82) is 0 Å². The number of rotatable bonds is 8. The Balaban J connectivity index is 1.51. The molecule has 9 nitrogen and oxygen atoms in total. The smallest absolute Gasteiger partial charge is 0.331 e. The number of nitrogens with one attached hydrogen (secondary N) is 1. The zero-order chi connectivity index (χ0) is 21.5. The largest absolute Gasteiger partial charge is 0.449 e. The molecule has 0 aliphatic carbocycles. The summed E-state index contributed by atoms with van der Waals surface area (Å²) in [6, 6.07) is 11.6. The van der Waals surface area contributed by atoms with E-state index in [2.05, 4.69) is 20.7 Å². The van der Waals surface area contributed by atoms with Crippen LogP contribution in [0.3, 0.4) is 0 Å². The molecular weight excluding hydrogens is 384 g/mol. The van der Waals surface area contributed by atoms with Crippen LogP contribution in [0.4, 0.5) is 5.82 Å². The van der Waals surface area contributed by atoms with Crippen molar-refractivity contribution in [3.8, 4) is 0 Å². The highest BCUT2D eigenvalue weighted by Crippen LogP contribution is 2.13. The average molecular weight is 408 g/mol. The van der Waals surface area contributed by atoms with Gasteiger partial charge in [0.25, 0.3) is 5.91 Å². The van der Waals surface area contributed by atoms with Gasteiger partial charge in [-0.1, -0.05) is 35.5 Å². The van der Waals surface area contributed by atoms with Gasteiger partial charge in [-0.15, -0.1) is 5.10 Å². The summed E-state index contributed by atoms with van der Waals surface area (Å²) in [4.78, 5) is 24.3. The molecule has 0 fully saturated rings. The van der Waals surface area contributed by atoms with Crippen LogP contribution in [0, 0.1) is 0 Å². The van der Waals surface area contributed by atoms with Crippen molar-refractivity contribution in [3.63, 3.8) is 0 Å². The maximum atomic E-state index is 12.3. The second kappa shape index (κ2) is 9.64. The summed E-state index contributed by atoms with van der Waals surface area (Å²) in [6.07, 6.45) is 5.07. The normalized spacial score (nSPS) is 12.3. The molecule has 0 saturated heterocycles. The van der Waals surface area contributed by atoms with Crippen LogP contribution in [0.5, 0.6) is 0 Å². The molecule has 0 aliphatic rings. The lowest BCUT2D eigenvalue weighted by Crippen LogP contribution is -2.30. The average Bonchev–Trinajstić information content (AvgIpc) is 3.36. The lowest BCUT2D eigenvalue weighted by Gasteiger charge is -2.15. The number of amides is 1. The number of hydrogen-bond donors (Lipinski definition) is 1. The molecule has 3 rings (SSSR count). The lowest BCUT2D eigenvalue weighted by molar-refractivity contribution is -0.148. The Morgan fingerprint density at radius 1 is 1.17 bits per heavy atom. The maximum Gasteiger partial charge on any atom is 0.331 e. The molecule has 1 N–H and O–H groups in total. The van der Waals surface area contributed by atoms with Gasteiger partial charge in [-0.2, -0.15) is 5.10 Å². The molecule has 2 aromatic heterocycles. The number of benzene rings is 1. The van der Waals surface area contributed by atoms with E-state index in [1.807, 2.05) is 44.2 Å². The monoisotopic (exact) mass is 408 g/mol. The van der Waals surface area contributed by atoms with Gasteiger partial charge in [0.2, 0.25) is 0 Å². The highest BCUT2D eigenvalue weighted by Gasteiger charge is 2.18. The van der Waals surface area contributed by atoms with Crippen molar-refractivity contribution in [3.05, 3.63) is 66.1 Å². The molecule has 9 heteroatoms. The van der Waals surface area contributed by atoms with Crippen molar-refractivity contribution >= 4 is 23.8 Å². The summed E-state index contributed by atoms with van der Waals surface area (Å²) in [5.41, 5.74) is 1.61. The van der Waals surface area contributed by atoms with Gasteiger partial charge in [-0.25, -0.2) is 14.2 Å². The van der Waals surface area contributed by atoms with Crippen LogP contribution in [0.2, 0.25) is 0 Å². The fourth-order valence-electron chi connectivity index (χ4n) is 2.71. The third-order valence-electron chi connectivity index (χ3n) is 4.21. The minimum atomic E-state index is -0.966. The molecule has 30 heavy (non-hydrogen) atoms. The molecule has 0 radical (unpaired) electrons. The van der Waals surface area contributed by atoms with Gasteiger partial charge in [-0.05, 0) is 32.4 Å². The third-order valence-corrected chi connectivity index (χ3v) is 4.21. The van der Waals surface area contributed by atoms with Crippen LogP contribution >= 0.6 is 0 Å². The van der Waals surface area contributed by atoms with Gasteiger partial charge in [0.1, 0.15) is 11.5 Å². The van der Waals surface area contributed by atoms with Crippen LogP contribution in [0.15, 0.2) is 54.9 Å². The first kappa shape index (κ1) is 21.0. The van der Waals surface area contributed by atoms with Gasteiger partial charge in [0.15, 0.2) is 6.10 Å². The topological polar surface area (TPSA) is 104 Å². The SMILES string of the molecule is CC(C)n1nccc1NC(=O)[C@H](C)OC(=O)/C=C/c1cn(Cc2ccccc2)nn1. The first-order valence-electron chi connectivity index (χ1n) is 9.59. The summed E-state index contributed by atoms with van der Waals surface area (Å²) in [6.45, 7) is 5.99. The van der Waals surface area contributed by atoms with Crippen LogP contribution in [-0.2, 0) is 20.9 Å². The molecule has 0 spiro atoms. The van der Waals surface area contributed by atoms with E-state index in [1.165, 1.54) is 19.1 Å². The van der Waals surface area contributed by atoms with Gasteiger partial charge in [0, 0.05) is 18.2 Å². The maximum absolute atomic E-state index is 12.3. The highest BCUT2D eigenvalue weighted by atomic mass is 16.5. The number of aromatic nitrogens is 5. The van der Waals surface area contributed by atoms with Crippen molar-refractivity contribution in [2.75, 3.05) is 5.32 Å². The predicted molar refractivity (Wildman–Crippen MR) is 111 cm³/mol. The summed E-state index contributed by atoms with van der Waals surface area (Å²) in [5, 5.41) is 14.9. The molecule has 0 aliphatic heterocycles. The van der Waals surface area contributed by atoms with E-state index in [1.54, 1.807) is 27.8 Å². The Morgan fingerprint density at radius 3 is 2.67 bits per heavy atom. The molecule has 156 valence electrons. The lowest BCUT2D eigenvalue weighted by atomic mass is 10.2. The minimum Gasteiger partial charge on any atom is -0.449 e. The molecule has 0 unspecified atom stereocenters. The molecule has 2 heterocycles. The number of nitrogens with zero attached hydrogens (tertiary/aromatic N) is 5. The van der Waals surface area contributed by atoms with Crippen LogP contribution in [0.25, 0.3) is 6.08 Å². The third kappa shape index (κ3) is 5.63. The summed E-state index contributed by atoms with van der Waals surface area (Å²) < 4.78 is 8.51. The highest BCUT2D eigenvalue weighted by molar-refractivity contribution is 5.96. The van der Waals surface area contributed by atoms with E-state index in [0.717, 1.165) is 5.56 Å². The molecule has 0 bridgehead atoms. The van der Waals surface area contributed by atoms with Crippen LogP contribution < -0.4 is 5.32 Å². The van der Waals surface area contributed by atoms with E-state index < -0.39 is 18.0 Å². The van der Waals surface area contributed by atoms with Gasteiger partial charge < -0.3 is 10.1 Å². The summed E-state index contributed by atoms with van der Waals surface area (Å²) in [5.74, 6) is -0.538. The first-order valence-corrected chi connectivity index (χ1v) is 9.59. The van der Waals surface area contributed by atoms with Crippen molar-refractivity contribution < 1.29 is 14.3 Å². The number of ether oxygens (including phenoxy) is 1. The molecule has 1 aromatic carbocycles. The number of carbonyl (C=O) groups is 2. The van der Waals surface area contributed by atoms with Crippen LogP contribution in [-0.4, -0.2) is 42.8 Å². The molecule has 1 amide bonds. The Hall–Kier alpha value is -3.75. The van der Waals surface area contributed by atoms with Gasteiger partial charge in [-0.3, -0.25) is 4.79 Å². The summed E-state index contributed by atoms with van der Waals surface area (Å²) in [7, 11) is 0. The fraction of sp³-hybridized carbons (Fsp3) is 0.286. The number of hydrogen-bond acceptors (Lipinski definition) is 6. The Bertz CT molecular complexity index is 1020. The Morgan fingerprint density at radius 2 is 1.93 bits per heavy atom. The van der Waals surface area contributed by atoms with E-state index in [4.69, 9.17) is 4.74 Å². The zero-order valence-corrected chi connectivity index (χ0v) is 17.1. The van der Waals surface area contributed by atoms with Gasteiger partial charge in [0.05, 0.1) is 18.9 Å². The summed E-state index contributed by atoms with van der Waals surface area (Å²) >= 11 is 0. The number of carbonyl (C=O) groups excluding carboxylic acids is 2. The van der Waals surface area contributed by atoms with E-state index >= 15 is 0 Å². The van der Waals surface area contributed by atoms with Crippen molar-refractivity contribution in [2.24, 2.45) is 0 Å². The Kier molecular flexibility index (Phi) is 6.74.